The van der Waals surface area contributed by atoms with E-state index in [0.29, 0.717) is 11.1 Å². The highest BCUT2D eigenvalue weighted by molar-refractivity contribution is 6.06. The van der Waals surface area contributed by atoms with E-state index in [-0.39, 0.29) is 5.56 Å². The molecule has 9 aromatic carbocycles. The number of unbranched alkanes of at least 4 members (excludes halogenated alkanes) is 4. The van der Waals surface area contributed by atoms with Crippen molar-refractivity contribution in [1.82, 2.24) is 0 Å². The van der Waals surface area contributed by atoms with E-state index in [4.69, 9.17) is 0 Å². The van der Waals surface area contributed by atoms with Gasteiger partial charge in [0.1, 0.15) is 0 Å². The van der Waals surface area contributed by atoms with Gasteiger partial charge in [-0.15, -0.1) is 0 Å². The highest BCUT2D eigenvalue weighted by Gasteiger charge is 2.20. The van der Waals surface area contributed by atoms with Crippen LogP contribution < -0.4 is 0 Å². The molecule has 0 unspecified atom stereocenters. The topological polar surface area (TPSA) is 37.3 Å². The van der Waals surface area contributed by atoms with Crippen molar-refractivity contribution in [1.29, 1.82) is 0 Å². The fraction of sp³-hybridized carbons (Fsp3) is 0.102. The van der Waals surface area contributed by atoms with Gasteiger partial charge in [-0.3, -0.25) is 0 Å². The van der Waals surface area contributed by atoms with Crippen molar-refractivity contribution >= 4 is 49.1 Å². The molecule has 1 N–H and O–H groups in total. The summed E-state index contributed by atoms with van der Waals surface area (Å²) in [6, 6.07) is 57.4. The lowest BCUT2D eigenvalue weighted by atomic mass is 9.89. The molecule has 0 atom stereocenters. The van der Waals surface area contributed by atoms with E-state index in [1.54, 1.807) is 0 Å². The molecule has 9 aromatic rings. The maximum Gasteiger partial charge on any atom is 0.336 e. The van der Waals surface area contributed by atoms with Crippen LogP contribution in [0.2, 0.25) is 0 Å². The summed E-state index contributed by atoms with van der Waals surface area (Å²) in [5.41, 5.74) is 7.50. The SMILES string of the molecule is CCCCCCC#Cc1cc(-c2ccc(C#Cc3c4ccccc4cc4ccccc34)cc2)c(C(=O)O)c(-c2ccc(C#Cc3c4ccccc4cc4ccccc34)cc2)c1. The van der Waals surface area contributed by atoms with E-state index < -0.39 is 5.97 Å². The zero-order valence-electron chi connectivity index (χ0n) is 34.1. The summed E-state index contributed by atoms with van der Waals surface area (Å²) in [6.07, 6.45) is 5.36. The zero-order chi connectivity index (χ0) is 41.5. The fourth-order valence-electron chi connectivity index (χ4n) is 8.24. The normalized spacial score (nSPS) is 10.8. The van der Waals surface area contributed by atoms with Crippen molar-refractivity contribution < 1.29 is 9.90 Å². The van der Waals surface area contributed by atoms with Gasteiger partial charge < -0.3 is 5.11 Å². The van der Waals surface area contributed by atoms with Crippen LogP contribution >= 0.6 is 0 Å². The first-order valence-electron chi connectivity index (χ1n) is 21.0. The second-order valence-electron chi connectivity index (χ2n) is 15.4. The average molecular weight is 783 g/mol. The predicted octanol–water partition coefficient (Wildman–Crippen LogP) is 14.5. The summed E-state index contributed by atoms with van der Waals surface area (Å²) in [7, 11) is 0. The Kier molecular flexibility index (Phi) is 11.1. The van der Waals surface area contributed by atoms with Crippen molar-refractivity contribution in [2.24, 2.45) is 0 Å². The Labute approximate surface area is 357 Å². The van der Waals surface area contributed by atoms with Gasteiger partial charge in [-0.2, -0.15) is 0 Å². The number of hydrogen-bond donors (Lipinski definition) is 1. The lowest BCUT2D eigenvalue weighted by molar-refractivity contribution is 0.0698. The van der Waals surface area contributed by atoms with Crippen LogP contribution in [0, 0.1) is 35.5 Å². The fourth-order valence-corrected chi connectivity index (χ4v) is 8.24. The summed E-state index contributed by atoms with van der Waals surface area (Å²) < 4.78 is 0. The first-order valence-corrected chi connectivity index (χ1v) is 21.0. The first-order chi connectivity index (χ1) is 30.0. The van der Waals surface area contributed by atoms with Crippen LogP contribution in [0.15, 0.2) is 170 Å². The van der Waals surface area contributed by atoms with E-state index in [1.807, 2.05) is 84.9 Å². The molecule has 0 radical (unpaired) electrons. The minimum absolute atomic E-state index is 0.232. The molecule has 0 heterocycles. The third-order valence-corrected chi connectivity index (χ3v) is 11.3. The van der Waals surface area contributed by atoms with Gasteiger partial charge in [-0.25, -0.2) is 4.79 Å². The van der Waals surface area contributed by atoms with E-state index in [2.05, 4.69) is 127 Å². The molecule has 290 valence electrons. The number of carbonyl (C=O) groups is 1. The number of carboxylic acids is 1. The molecule has 0 spiro atoms. The predicted molar refractivity (Wildman–Crippen MR) is 255 cm³/mol. The lowest BCUT2D eigenvalue weighted by Crippen LogP contribution is -2.04. The smallest absolute Gasteiger partial charge is 0.336 e. The van der Waals surface area contributed by atoms with Gasteiger partial charge >= 0.3 is 5.97 Å². The molecule has 0 bridgehead atoms. The highest BCUT2D eigenvalue weighted by atomic mass is 16.4. The van der Waals surface area contributed by atoms with Crippen molar-refractivity contribution in [3.8, 4) is 57.8 Å². The Hall–Kier alpha value is -7.83. The van der Waals surface area contributed by atoms with Gasteiger partial charge in [0, 0.05) is 34.2 Å². The van der Waals surface area contributed by atoms with E-state index in [1.165, 1.54) is 12.8 Å². The number of aromatic carboxylic acids is 1. The Morgan fingerprint density at radius 1 is 0.443 bits per heavy atom. The van der Waals surface area contributed by atoms with Gasteiger partial charge in [-0.05, 0) is 120 Å². The number of benzene rings is 9. The van der Waals surface area contributed by atoms with E-state index in [0.717, 1.165) is 101 Å². The summed E-state index contributed by atoms with van der Waals surface area (Å²) in [4.78, 5) is 13.3. The molecule has 0 aliphatic rings. The summed E-state index contributed by atoms with van der Waals surface area (Å²) in [6.45, 7) is 2.20. The van der Waals surface area contributed by atoms with Crippen LogP contribution in [0.3, 0.4) is 0 Å². The second kappa shape index (κ2) is 17.6. The Morgan fingerprint density at radius 2 is 0.852 bits per heavy atom. The number of carboxylic acid groups (broad SMARTS) is 1. The van der Waals surface area contributed by atoms with Gasteiger partial charge in [-0.1, -0.05) is 183 Å². The maximum absolute atomic E-state index is 13.3. The molecule has 0 fully saturated rings. The molecule has 2 heteroatoms. The first kappa shape index (κ1) is 38.7. The molecule has 0 aromatic heterocycles. The van der Waals surface area contributed by atoms with Gasteiger partial charge in [0.05, 0.1) is 5.56 Å². The molecular formula is C59H42O2. The van der Waals surface area contributed by atoms with Crippen LogP contribution in [0.1, 0.15) is 77.2 Å². The average Bonchev–Trinajstić information content (AvgIpc) is 3.30. The monoisotopic (exact) mass is 782 g/mol. The summed E-state index contributed by atoms with van der Waals surface area (Å²) >= 11 is 0. The van der Waals surface area contributed by atoms with Crippen LogP contribution in [0.25, 0.3) is 65.3 Å². The molecule has 0 saturated carbocycles. The van der Waals surface area contributed by atoms with Crippen LogP contribution in [-0.2, 0) is 0 Å². The Morgan fingerprint density at radius 3 is 1.25 bits per heavy atom. The van der Waals surface area contributed by atoms with Gasteiger partial charge in [0.25, 0.3) is 0 Å². The standard InChI is InChI=1S/C59H42O2/c1-2-3-4-5-6-7-16-43-37-56(44-31-25-41(26-32-44)29-35-54-50-21-12-8-17-46(50)39-47-18-9-13-22-51(47)54)58(59(60)61)57(38-43)45-33-27-42(28-34-45)30-36-55-52-23-14-10-19-48(52)40-49-20-11-15-24-53(49)55/h8-15,17-28,31-34,37-40H,2-6H2,1H3,(H,60,61). The zero-order valence-corrected chi connectivity index (χ0v) is 34.1. The molecule has 2 nitrogen and oxygen atoms in total. The lowest BCUT2D eigenvalue weighted by Gasteiger charge is -2.14. The number of fused-ring (bicyclic) bond motifs is 4. The largest absolute Gasteiger partial charge is 0.478 e. The van der Waals surface area contributed by atoms with Gasteiger partial charge in [0.2, 0.25) is 0 Å². The Balaban J connectivity index is 1.09. The van der Waals surface area contributed by atoms with E-state index in [9.17, 15) is 9.90 Å². The summed E-state index contributed by atoms with van der Waals surface area (Å²) in [5, 5.41) is 19.9. The molecule has 0 amide bonds. The van der Waals surface area contributed by atoms with Crippen LogP contribution in [-0.4, -0.2) is 11.1 Å². The second-order valence-corrected chi connectivity index (χ2v) is 15.4. The molecular weight excluding hydrogens is 741 g/mol. The Bertz CT molecular complexity index is 3010. The number of rotatable bonds is 7. The molecule has 61 heavy (non-hydrogen) atoms. The minimum Gasteiger partial charge on any atom is -0.478 e. The third-order valence-electron chi connectivity index (χ3n) is 11.3. The molecule has 0 saturated heterocycles. The van der Waals surface area contributed by atoms with E-state index >= 15 is 0 Å². The van der Waals surface area contributed by atoms with Crippen molar-refractivity contribution in [2.75, 3.05) is 0 Å². The quantitative estimate of drug-likeness (QED) is 0.0993. The molecule has 0 aliphatic heterocycles. The van der Waals surface area contributed by atoms with Crippen molar-refractivity contribution in [3.63, 3.8) is 0 Å². The number of hydrogen-bond acceptors (Lipinski definition) is 1. The third kappa shape index (κ3) is 8.25. The van der Waals surface area contributed by atoms with Gasteiger partial charge in [0.15, 0.2) is 0 Å². The molecule has 9 rings (SSSR count). The van der Waals surface area contributed by atoms with Crippen LogP contribution in [0.5, 0.6) is 0 Å². The molecule has 0 aliphatic carbocycles. The van der Waals surface area contributed by atoms with Crippen molar-refractivity contribution in [3.05, 3.63) is 203 Å². The highest BCUT2D eigenvalue weighted by Crippen LogP contribution is 2.35. The van der Waals surface area contributed by atoms with Crippen molar-refractivity contribution in [2.45, 2.75) is 39.0 Å². The van der Waals surface area contributed by atoms with Crippen LogP contribution in [0.4, 0.5) is 0 Å². The summed E-state index contributed by atoms with van der Waals surface area (Å²) in [5.74, 6) is 19.5. The maximum atomic E-state index is 13.3. The minimum atomic E-state index is -0.998.